The van der Waals surface area contributed by atoms with E-state index in [1.54, 1.807) is 0 Å². The van der Waals surface area contributed by atoms with E-state index in [0.717, 1.165) is 33.5 Å². The van der Waals surface area contributed by atoms with Crippen LogP contribution in [0.5, 0.6) is 0 Å². The van der Waals surface area contributed by atoms with Gasteiger partial charge < -0.3 is 14.2 Å². The topological polar surface area (TPSA) is 19.6 Å². The summed E-state index contributed by atoms with van der Waals surface area (Å²) in [5, 5.41) is 4.75. The number of para-hydroxylation sites is 4. The Morgan fingerprint density at radius 2 is 0.980 bits per heavy atom. The van der Waals surface area contributed by atoms with Gasteiger partial charge in [0.2, 0.25) is 0 Å². The van der Waals surface area contributed by atoms with E-state index >= 15 is 0 Å². The number of rotatable bonds is 3. The molecule has 0 amide bonds. The van der Waals surface area contributed by atoms with E-state index in [1.165, 1.54) is 60.9 Å². The van der Waals surface area contributed by atoms with Gasteiger partial charge in [-0.25, -0.2) is 0 Å². The molecular formula is C46H29BN2O. The molecule has 0 saturated heterocycles. The third kappa shape index (κ3) is 3.82. The minimum atomic E-state index is 0.0796. The highest BCUT2D eigenvalue weighted by Crippen LogP contribution is 2.46. The van der Waals surface area contributed by atoms with Gasteiger partial charge in [-0.2, -0.15) is 0 Å². The third-order valence-electron chi connectivity index (χ3n) is 10.6. The molecule has 8 aromatic carbocycles. The molecule has 232 valence electrons. The van der Waals surface area contributed by atoms with Crippen molar-refractivity contribution in [3.8, 4) is 11.1 Å². The molecule has 2 aliphatic heterocycles. The summed E-state index contributed by atoms with van der Waals surface area (Å²) in [5.41, 5.74) is 15.2. The van der Waals surface area contributed by atoms with Gasteiger partial charge in [0.05, 0.1) is 0 Å². The van der Waals surface area contributed by atoms with Gasteiger partial charge in [-0.3, -0.25) is 0 Å². The highest BCUT2D eigenvalue weighted by Gasteiger charge is 2.43. The van der Waals surface area contributed by atoms with Crippen LogP contribution in [0.2, 0.25) is 0 Å². The van der Waals surface area contributed by atoms with Gasteiger partial charge in [-0.05, 0) is 99.0 Å². The van der Waals surface area contributed by atoms with Crippen LogP contribution in [0.3, 0.4) is 0 Å². The highest BCUT2D eigenvalue weighted by molar-refractivity contribution is 7.00. The maximum atomic E-state index is 6.50. The molecule has 11 rings (SSSR count). The lowest BCUT2D eigenvalue weighted by molar-refractivity contribution is 0.669. The number of benzene rings is 8. The number of hydrogen-bond acceptors (Lipinski definition) is 3. The van der Waals surface area contributed by atoms with Crippen LogP contribution in [-0.2, 0) is 0 Å². The summed E-state index contributed by atoms with van der Waals surface area (Å²) < 4.78 is 6.50. The Hall–Kier alpha value is -6.52. The summed E-state index contributed by atoms with van der Waals surface area (Å²) in [5.74, 6) is 0. The summed E-state index contributed by atoms with van der Waals surface area (Å²) in [6.07, 6.45) is 0. The monoisotopic (exact) mass is 636 g/mol. The first-order valence-corrected chi connectivity index (χ1v) is 17.2. The first kappa shape index (κ1) is 27.4. The molecule has 3 heterocycles. The number of nitrogens with zero attached hydrogens (tertiary/aromatic N) is 2. The van der Waals surface area contributed by atoms with E-state index in [4.69, 9.17) is 4.42 Å². The SMILES string of the molecule is c1ccc(N2c3ccccc3B3c4ccc(-c5cc6oc7ccccc7c6c6ccccc56)cc4N(c4ccccc4)c4cccc2c43)cc1. The summed E-state index contributed by atoms with van der Waals surface area (Å²) in [4.78, 5) is 4.90. The van der Waals surface area contributed by atoms with Gasteiger partial charge in [-0.1, -0.05) is 115 Å². The van der Waals surface area contributed by atoms with Gasteiger partial charge >= 0.3 is 0 Å². The first-order chi connectivity index (χ1) is 24.8. The Morgan fingerprint density at radius 3 is 1.74 bits per heavy atom. The van der Waals surface area contributed by atoms with Crippen LogP contribution in [0.1, 0.15) is 0 Å². The van der Waals surface area contributed by atoms with Gasteiger partial charge in [-0.15, -0.1) is 0 Å². The first-order valence-electron chi connectivity index (χ1n) is 17.2. The lowest BCUT2D eigenvalue weighted by atomic mass is 9.33. The minimum absolute atomic E-state index is 0.0796. The van der Waals surface area contributed by atoms with Gasteiger partial charge in [0.25, 0.3) is 6.71 Å². The van der Waals surface area contributed by atoms with Gasteiger partial charge in [0.15, 0.2) is 0 Å². The second kappa shape index (κ2) is 10.5. The average molecular weight is 637 g/mol. The van der Waals surface area contributed by atoms with E-state index in [0.29, 0.717) is 0 Å². The van der Waals surface area contributed by atoms with Gasteiger partial charge in [0, 0.05) is 44.9 Å². The number of fused-ring (bicyclic) bond motifs is 9. The number of furan rings is 1. The summed E-state index contributed by atoms with van der Waals surface area (Å²) in [7, 11) is 0. The van der Waals surface area contributed by atoms with Crippen LogP contribution in [-0.4, -0.2) is 6.71 Å². The van der Waals surface area contributed by atoms with Crippen molar-refractivity contribution in [2.24, 2.45) is 0 Å². The molecule has 1 aromatic heterocycles. The second-order valence-electron chi connectivity index (χ2n) is 13.3. The van der Waals surface area contributed by atoms with E-state index in [2.05, 4.69) is 180 Å². The van der Waals surface area contributed by atoms with Gasteiger partial charge in [0.1, 0.15) is 11.2 Å². The Balaban J connectivity index is 1.19. The normalized spacial score (nSPS) is 13.1. The van der Waals surface area contributed by atoms with Crippen LogP contribution < -0.4 is 26.2 Å². The van der Waals surface area contributed by atoms with Crippen molar-refractivity contribution in [3.05, 3.63) is 176 Å². The smallest absolute Gasteiger partial charge is 0.252 e. The van der Waals surface area contributed by atoms with E-state index in [-0.39, 0.29) is 6.71 Å². The molecule has 0 atom stereocenters. The molecule has 9 aromatic rings. The quantitative estimate of drug-likeness (QED) is 0.180. The summed E-state index contributed by atoms with van der Waals surface area (Å²) in [6, 6.07) is 63.7. The fraction of sp³-hybridized carbons (Fsp3) is 0. The maximum Gasteiger partial charge on any atom is 0.252 e. The van der Waals surface area contributed by atoms with Crippen LogP contribution in [0.25, 0.3) is 43.8 Å². The molecule has 0 N–H and O–H groups in total. The molecule has 0 bridgehead atoms. The summed E-state index contributed by atoms with van der Waals surface area (Å²) in [6.45, 7) is 0.0796. The molecule has 0 aliphatic carbocycles. The molecule has 3 nitrogen and oxygen atoms in total. The molecule has 0 spiro atoms. The number of anilines is 6. The van der Waals surface area contributed by atoms with Crippen molar-refractivity contribution < 1.29 is 4.42 Å². The molecule has 50 heavy (non-hydrogen) atoms. The fourth-order valence-electron chi connectivity index (χ4n) is 8.59. The maximum absolute atomic E-state index is 6.50. The third-order valence-corrected chi connectivity index (χ3v) is 10.6. The van der Waals surface area contributed by atoms with Crippen molar-refractivity contribution in [1.29, 1.82) is 0 Å². The van der Waals surface area contributed by atoms with E-state index < -0.39 is 0 Å². The van der Waals surface area contributed by atoms with Crippen molar-refractivity contribution in [2.75, 3.05) is 9.80 Å². The van der Waals surface area contributed by atoms with Crippen LogP contribution >= 0.6 is 0 Å². The lowest BCUT2D eigenvalue weighted by Gasteiger charge is -2.44. The zero-order chi connectivity index (χ0) is 32.8. The molecular weight excluding hydrogens is 607 g/mol. The van der Waals surface area contributed by atoms with Crippen LogP contribution in [0.15, 0.2) is 180 Å². The van der Waals surface area contributed by atoms with Crippen molar-refractivity contribution in [2.45, 2.75) is 0 Å². The highest BCUT2D eigenvalue weighted by atomic mass is 16.3. The molecule has 2 aliphatic rings. The molecule has 0 saturated carbocycles. The second-order valence-corrected chi connectivity index (χ2v) is 13.3. The zero-order valence-electron chi connectivity index (χ0n) is 27.1. The lowest BCUT2D eigenvalue weighted by Crippen LogP contribution is -2.61. The largest absolute Gasteiger partial charge is 0.456 e. The fourth-order valence-corrected chi connectivity index (χ4v) is 8.59. The molecule has 0 radical (unpaired) electrons. The Morgan fingerprint density at radius 1 is 0.400 bits per heavy atom. The van der Waals surface area contributed by atoms with E-state index in [9.17, 15) is 0 Å². The predicted octanol–water partition coefficient (Wildman–Crippen LogP) is 10.5. The van der Waals surface area contributed by atoms with E-state index in [1.807, 2.05) is 6.07 Å². The van der Waals surface area contributed by atoms with Crippen molar-refractivity contribution >= 4 is 89.9 Å². The Kier molecular flexibility index (Phi) is 5.76. The zero-order valence-corrected chi connectivity index (χ0v) is 27.1. The Bertz CT molecular complexity index is 2790. The molecule has 4 heteroatoms. The van der Waals surface area contributed by atoms with Crippen LogP contribution in [0.4, 0.5) is 34.1 Å². The van der Waals surface area contributed by atoms with Crippen molar-refractivity contribution in [3.63, 3.8) is 0 Å². The standard InChI is InChI=1S/C46H29BN2O/c1-3-14-31(15-4-1)48-39-22-11-10-21-37(39)47-38-27-26-30(28-42(38)49(32-16-5-2-6-17-32)41-24-13-23-40(48)46(41)47)36-29-44-45(34-19-8-7-18-33(34)36)35-20-9-12-25-43(35)50-44/h1-29H. The van der Waals surface area contributed by atoms with Crippen LogP contribution in [0, 0.1) is 0 Å². The Labute approximate surface area is 290 Å². The minimum Gasteiger partial charge on any atom is -0.456 e. The predicted molar refractivity (Wildman–Crippen MR) is 211 cm³/mol. The van der Waals surface area contributed by atoms with Crippen molar-refractivity contribution in [1.82, 2.24) is 0 Å². The summed E-state index contributed by atoms with van der Waals surface area (Å²) >= 11 is 0. The molecule has 0 fully saturated rings. The molecule has 0 unspecified atom stereocenters. The average Bonchev–Trinajstić information content (AvgIpc) is 3.57. The number of hydrogen-bond donors (Lipinski definition) is 0.